The number of halogens is 7. The van der Waals surface area contributed by atoms with Crippen LogP contribution in [0, 0.1) is 23.3 Å². The Kier molecular flexibility index (Phi) is 3.51. The number of quaternary nitrogens is 1. The van der Waals surface area contributed by atoms with Crippen molar-refractivity contribution in [1.29, 1.82) is 0 Å². The van der Waals surface area contributed by atoms with E-state index in [4.69, 9.17) is 0 Å². The molecule has 0 radical (unpaired) electrons. The van der Waals surface area contributed by atoms with Gasteiger partial charge in [-0.1, -0.05) is 0 Å². The van der Waals surface area contributed by atoms with Crippen molar-refractivity contribution in [2.24, 2.45) is 0 Å². The number of alkyl halides is 3. The van der Waals surface area contributed by atoms with Gasteiger partial charge in [-0.2, -0.15) is 0 Å². The number of benzene rings is 1. The van der Waals surface area contributed by atoms with E-state index in [1.165, 1.54) is 0 Å². The van der Waals surface area contributed by atoms with E-state index in [1.54, 1.807) is 0 Å². The van der Waals surface area contributed by atoms with Gasteiger partial charge in [0, 0.05) is 0 Å². The summed E-state index contributed by atoms with van der Waals surface area (Å²) in [6.45, 7) is 3.85. The zero-order valence-electron chi connectivity index (χ0n) is 15.0. The molecule has 4 heterocycles. The van der Waals surface area contributed by atoms with Gasteiger partial charge in [-0.3, -0.25) is 0 Å². The summed E-state index contributed by atoms with van der Waals surface area (Å²) in [5.41, 5.74) is -2.50. The Hall–Kier alpha value is -1.00. The van der Waals surface area contributed by atoms with Crippen LogP contribution in [0.15, 0.2) is 0 Å². The zero-order chi connectivity index (χ0) is 20.3. The van der Waals surface area contributed by atoms with Crippen molar-refractivity contribution >= 4 is 12.5 Å². The summed E-state index contributed by atoms with van der Waals surface area (Å²) in [7, 11) is -2.31. The molecule has 1 aromatic carbocycles. The number of rotatable bonds is 1. The van der Waals surface area contributed by atoms with Gasteiger partial charge < -0.3 is 0 Å². The van der Waals surface area contributed by atoms with Gasteiger partial charge in [-0.15, -0.1) is 0 Å². The summed E-state index contributed by atoms with van der Waals surface area (Å²) in [6, 6.07) is 0. The first-order chi connectivity index (χ1) is 13.0. The number of likely N-dealkylation sites (N-methyl/N-ethyl adjacent to an activating group) is 1. The van der Waals surface area contributed by atoms with Crippen molar-refractivity contribution in [3.8, 4) is 0 Å². The van der Waals surface area contributed by atoms with Crippen molar-refractivity contribution in [2.45, 2.75) is 6.18 Å². The third-order valence-electron chi connectivity index (χ3n) is 7.29. The van der Waals surface area contributed by atoms with Gasteiger partial charge in [-0.25, -0.2) is 0 Å². The van der Waals surface area contributed by atoms with Gasteiger partial charge in [0.15, 0.2) is 0 Å². The quantitative estimate of drug-likeness (QED) is 0.385. The van der Waals surface area contributed by atoms with Gasteiger partial charge in [0.2, 0.25) is 0 Å². The van der Waals surface area contributed by atoms with Crippen LogP contribution in [0.3, 0.4) is 0 Å². The van der Waals surface area contributed by atoms with Gasteiger partial charge in [-0.05, 0) is 0 Å². The summed E-state index contributed by atoms with van der Waals surface area (Å²) >= 11 is 0. The molecular weight excluding hydrogens is 412 g/mol. The molecule has 156 valence electrons. The van der Waals surface area contributed by atoms with Crippen molar-refractivity contribution in [3.05, 3.63) is 28.8 Å². The Morgan fingerprint density at radius 2 is 1.11 bits per heavy atom. The van der Waals surface area contributed by atoms with Crippen LogP contribution in [0.5, 0.6) is 0 Å². The molecule has 4 aliphatic rings. The van der Waals surface area contributed by atoms with Crippen molar-refractivity contribution < 1.29 is 35.0 Å². The van der Waals surface area contributed by atoms with Crippen LogP contribution >= 0.6 is 7.21 Å². The van der Waals surface area contributed by atoms with E-state index in [0.29, 0.717) is 52.4 Å². The molecule has 4 fully saturated rings. The molecule has 4 saturated heterocycles. The van der Waals surface area contributed by atoms with Gasteiger partial charge in [0.25, 0.3) is 0 Å². The van der Waals surface area contributed by atoms with Crippen LogP contribution in [0.25, 0.3) is 0 Å². The van der Waals surface area contributed by atoms with Crippen LogP contribution in [0.4, 0.5) is 30.7 Å². The van der Waals surface area contributed by atoms with E-state index in [1.807, 2.05) is 21.1 Å². The monoisotopic (exact) mass is 431 g/mol. The number of hydrogen-bond donors (Lipinski definition) is 0. The van der Waals surface area contributed by atoms with E-state index in [9.17, 15) is 22.0 Å². The van der Waals surface area contributed by atoms with E-state index in [2.05, 4.69) is 0 Å². The molecule has 4 aliphatic heterocycles. The molecule has 12 heteroatoms. The average molecular weight is 431 g/mol. The summed E-state index contributed by atoms with van der Waals surface area (Å²) in [5, 5.41) is -0.818. The van der Waals surface area contributed by atoms with Crippen LogP contribution in [-0.2, 0) is 6.18 Å². The first-order valence-corrected chi connectivity index (χ1v) is 11.1. The Morgan fingerprint density at radius 1 is 0.714 bits per heavy atom. The minimum absolute atomic E-state index is 0.184. The van der Waals surface area contributed by atoms with Crippen LogP contribution in [-0.4, -0.2) is 77.7 Å². The molecule has 0 amide bonds. The second-order valence-electron chi connectivity index (χ2n) is 8.06. The molecular formula is C16H19F7N4P+. The molecule has 0 N–H and O–H groups in total. The molecule has 1 aromatic rings. The predicted octanol–water partition coefficient (Wildman–Crippen LogP) is 2.51. The van der Waals surface area contributed by atoms with Gasteiger partial charge in [0.05, 0.1) is 0 Å². The Bertz CT molecular complexity index is 839. The molecule has 5 rings (SSSR count). The second kappa shape index (κ2) is 5.18. The first kappa shape index (κ1) is 19.0. The molecule has 0 saturated carbocycles. The third-order valence-corrected chi connectivity index (χ3v) is 15.0. The summed E-state index contributed by atoms with van der Waals surface area (Å²) in [4.78, 5) is 0. The van der Waals surface area contributed by atoms with Crippen LogP contribution in [0.2, 0.25) is 0 Å². The molecule has 0 aromatic heterocycles. The van der Waals surface area contributed by atoms with Crippen LogP contribution in [0.1, 0.15) is 5.56 Å². The fourth-order valence-corrected chi connectivity index (χ4v) is 15.2. The summed E-state index contributed by atoms with van der Waals surface area (Å²) in [5.74, 6) is -8.51. The number of nitrogens with zero attached hydrogens (tertiary/aromatic N) is 4. The minimum atomic E-state index is -5.54. The van der Waals surface area contributed by atoms with Crippen molar-refractivity contribution in [1.82, 2.24) is 14.0 Å². The van der Waals surface area contributed by atoms with E-state index < -0.39 is 47.5 Å². The summed E-state index contributed by atoms with van der Waals surface area (Å²) in [6.07, 6.45) is -5.54. The Morgan fingerprint density at radius 3 is 1.50 bits per heavy atom. The standard InChI is InChI=1S/C16H19F7N4P/c1-27-8-6-25-4-2-24-3-5-26(7-9-27)28(24,25,27)15-13(19)11(17)10(16(21,22)23)12(18)14(15)20/h2-9H2,1H3/q+1. The molecule has 4 nitrogen and oxygen atoms in total. The molecule has 28 heavy (non-hydrogen) atoms. The molecule has 0 unspecified atom stereocenters. The predicted molar refractivity (Wildman–Crippen MR) is 88.5 cm³/mol. The fourth-order valence-electron chi connectivity index (χ4n) is 6.38. The summed E-state index contributed by atoms with van der Waals surface area (Å²) < 4.78 is 105. The zero-order valence-corrected chi connectivity index (χ0v) is 15.9. The molecule has 1 spiro atoms. The normalized spacial score (nSPS) is 33.1. The van der Waals surface area contributed by atoms with E-state index >= 15 is 8.78 Å². The van der Waals surface area contributed by atoms with Gasteiger partial charge >= 0.3 is 156 Å². The van der Waals surface area contributed by atoms with Crippen molar-refractivity contribution in [2.75, 3.05) is 59.4 Å². The topological polar surface area (TPSA) is 9.72 Å². The molecule has 0 atom stereocenters. The molecule has 0 aliphatic carbocycles. The van der Waals surface area contributed by atoms with Crippen LogP contribution < -0.4 is 5.30 Å². The average Bonchev–Trinajstić information content (AvgIpc) is 3.22. The van der Waals surface area contributed by atoms with Gasteiger partial charge in [0.1, 0.15) is 0 Å². The maximum absolute atomic E-state index is 15.4. The molecule has 0 bridgehead atoms. The first-order valence-electron chi connectivity index (χ1n) is 9.07. The SMILES string of the molecule is C[N+]12CCN3CCN4CCN(CC1)P432c1c(F)c(F)c(C(F)(F)F)c(F)c1F. The number of hydrogen-bond acceptors (Lipinski definition) is 3. The fraction of sp³-hybridized carbons (Fsp3) is 0.625. The van der Waals surface area contributed by atoms with E-state index in [0.717, 1.165) is 0 Å². The Balaban J connectivity index is 1.94. The maximum atomic E-state index is 15.4. The van der Waals surface area contributed by atoms with E-state index in [-0.39, 0.29) is 4.25 Å². The van der Waals surface area contributed by atoms with Crippen molar-refractivity contribution in [3.63, 3.8) is 0 Å². The third kappa shape index (κ3) is 1.60. The second-order valence-corrected chi connectivity index (χ2v) is 13.0. The Labute approximate surface area is 156 Å².